The molecule has 0 bridgehead atoms. The van der Waals surface area contributed by atoms with Gasteiger partial charge < -0.3 is 14.6 Å². The number of amides is 1. The van der Waals surface area contributed by atoms with Crippen molar-refractivity contribution in [1.29, 1.82) is 0 Å². The predicted molar refractivity (Wildman–Crippen MR) is 78.1 cm³/mol. The van der Waals surface area contributed by atoms with Gasteiger partial charge >= 0.3 is 5.97 Å². The van der Waals surface area contributed by atoms with Gasteiger partial charge in [-0.15, -0.1) is 0 Å². The van der Waals surface area contributed by atoms with Gasteiger partial charge in [0.15, 0.2) is 0 Å². The van der Waals surface area contributed by atoms with E-state index in [0.717, 1.165) is 12.8 Å². The van der Waals surface area contributed by atoms with E-state index in [1.54, 1.807) is 4.90 Å². The van der Waals surface area contributed by atoms with E-state index in [1.807, 2.05) is 36.7 Å². The van der Waals surface area contributed by atoms with Gasteiger partial charge in [0.25, 0.3) is 5.91 Å². The van der Waals surface area contributed by atoms with Crippen molar-refractivity contribution < 1.29 is 14.7 Å². The fourth-order valence-corrected chi connectivity index (χ4v) is 3.34. The summed E-state index contributed by atoms with van der Waals surface area (Å²) in [5, 5.41) is 9.37. The molecule has 0 spiro atoms. The predicted octanol–water partition coefficient (Wildman–Crippen LogP) is 2.25. The number of aromatic nitrogens is 1. The Balaban J connectivity index is 1.79. The second kappa shape index (κ2) is 5.20. The molecule has 1 N–H and O–H groups in total. The summed E-state index contributed by atoms with van der Waals surface area (Å²) in [5.41, 5.74) is 0.700. The quantitative estimate of drug-likeness (QED) is 0.925. The van der Waals surface area contributed by atoms with Crippen molar-refractivity contribution in [2.24, 2.45) is 17.8 Å². The van der Waals surface area contributed by atoms with E-state index >= 15 is 0 Å². The van der Waals surface area contributed by atoms with E-state index in [9.17, 15) is 14.7 Å². The normalized spacial score (nSPS) is 25.6. The van der Waals surface area contributed by atoms with Crippen molar-refractivity contribution in [3.05, 3.63) is 24.0 Å². The van der Waals surface area contributed by atoms with Crippen LogP contribution >= 0.6 is 0 Å². The van der Waals surface area contributed by atoms with Crippen LogP contribution in [0.2, 0.25) is 0 Å². The van der Waals surface area contributed by atoms with Crippen LogP contribution in [0.25, 0.3) is 0 Å². The molecule has 0 unspecified atom stereocenters. The van der Waals surface area contributed by atoms with Gasteiger partial charge in [-0.1, -0.05) is 13.8 Å². The fraction of sp³-hybridized carbons (Fsp3) is 0.625. The van der Waals surface area contributed by atoms with Crippen LogP contribution in [-0.2, 0) is 4.79 Å². The summed E-state index contributed by atoms with van der Waals surface area (Å²) in [6.07, 6.45) is 4.21. The van der Waals surface area contributed by atoms with E-state index in [4.69, 9.17) is 0 Å². The van der Waals surface area contributed by atoms with Crippen LogP contribution in [0.1, 0.15) is 43.2 Å². The maximum atomic E-state index is 12.7. The monoisotopic (exact) mass is 290 g/mol. The number of likely N-dealkylation sites (tertiary alicyclic amines) is 1. The highest BCUT2D eigenvalue weighted by Crippen LogP contribution is 2.37. The van der Waals surface area contributed by atoms with Crippen LogP contribution in [0.15, 0.2) is 18.3 Å². The summed E-state index contributed by atoms with van der Waals surface area (Å²) in [6.45, 7) is 4.93. The lowest BCUT2D eigenvalue weighted by molar-refractivity contribution is -0.142. The molecule has 0 aromatic carbocycles. The summed E-state index contributed by atoms with van der Waals surface area (Å²) < 4.78 is 2.04. The zero-order chi connectivity index (χ0) is 15.1. The summed E-state index contributed by atoms with van der Waals surface area (Å²) >= 11 is 0. The number of carbonyl (C=O) groups excluding carboxylic acids is 1. The zero-order valence-electron chi connectivity index (χ0n) is 12.5. The Morgan fingerprint density at radius 2 is 2.00 bits per heavy atom. The largest absolute Gasteiger partial charge is 0.481 e. The Bertz CT molecular complexity index is 560. The lowest BCUT2D eigenvalue weighted by Crippen LogP contribution is -2.31. The Morgan fingerprint density at radius 3 is 2.52 bits per heavy atom. The van der Waals surface area contributed by atoms with Crippen LogP contribution in [0.4, 0.5) is 0 Å². The molecule has 1 amide bonds. The summed E-state index contributed by atoms with van der Waals surface area (Å²) in [6, 6.07) is 4.20. The second-order valence-corrected chi connectivity index (χ2v) is 6.59. The minimum absolute atomic E-state index is 0.0266. The number of carboxylic acids is 1. The molecule has 1 aliphatic carbocycles. The van der Waals surface area contributed by atoms with Crippen LogP contribution in [0.5, 0.6) is 0 Å². The highest BCUT2D eigenvalue weighted by Gasteiger charge is 2.42. The summed E-state index contributed by atoms with van der Waals surface area (Å²) in [5.74, 6) is -0.962. The molecular formula is C16H22N2O3. The first kappa shape index (κ1) is 14.2. The molecule has 1 saturated carbocycles. The van der Waals surface area contributed by atoms with E-state index in [2.05, 4.69) is 0 Å². The topological polar surface area (TPSA) is 62.5 Å². The Hall–Kier alpha value is -1.78. The Morgan fingerprint density at radius 1 is 1.29 bits per heavy atom. The molecule has 5 nitrogen and oxygen atoms in total. The molecule has 2 heterocycles. The van der Waals surface area contributed by atoms with Crippen molar-refractivity contribution in [2.45, 2.75) is 32.7 Å². The fourth-order valence-electron chi connectivity index (χ4n) is 3.34. The number of hydrogen-bond donors (Lipinski definition) is 1. The summed E-state index contributed by atoms with van der Waals surface area (Å²) in [7, 11) is 0. The van der Waals surface area contributed by atoms with Crippen molar-refractivity contribution in [3.8, 4) is 0 Å². The second-order valence-electron chi connectivity index (χ2n) is 6.59. The molecule has 114 valence electrons. The minimum atomic E-state index is -0.790. The van der Waals surface area contributed by atoms with Crippen molar-refractivity contribution >= 4 is 11.9 Å². The third kappa shape index (κ3) is 2.57. The van der Waals surface area contributed by atoms with Crippen LogP contribution in [0.3, 0.4) is 0 Å². The Labute approximate surface area is 124 Å². The first-order valence-corrected chi connectivity index (χ1v) is 7.68. The molecule has 2 fully saturated rings. The first-order valence-electron chi connectivity index (χ1n) is 7.68. The lowest BCUT2D eigenvalue weighted by atomic mass is 9.86. The average molecular weight is 290 g/mol. The van der Waals surface area contributed by atoms with Gasteiger partial charge in [0.2, 0.25) is 0 Å². The number of aliphatic carboxylic acids is 1. The molecule has 1 saturated heterocycles. The number of hydrogen-bond acceptors (Lipinski definition) is 2. The molecular weight excluding hydrogens is 268 g/mol. The van der Waals surface area contributed by atoms with Gasteiger partial charge in [0.1, 0.15) is 5.69 Å². The molecule has 21 heavy (non-hydrogen) atoms. The summed E-state index contributed by atoms with van der Waals surface area (Å²) in [4.78, 5) is 25.8. The number of carboxylic acid groups (broad SMARTS) is 1. The van der Waals surface area contributed by atoms with E-state index in [0.29, 0.717) is 24.8 Å². The number of nitrogens with zero attached hydrogens (tertiary/aromatic N) is 2. The van der Waals surface area contributed by atoms with Crippen LogP contribution < -0.4 is 0 Å². The molecule has 2 atom stereocenters. The third-order valence-electron chi connectivity index (χ3n) is 4.76. The van der Waals surface area contributed by atoms with Gasteiger partial charge in [-0.25, -0.2) is 0 Å². The van der Waals surface area contributed by atoms with Crippen molar-refractivity contribution in [3.63, 3.8) is 0 Å². The van der Waals surface area contributed by atoms with Crippen LogP contribution in [0, 0.1) is 17.8 Å². The molecule has 1 aliphatic heterocycles. The maximum Gasteiger partial charge on any atom is 0.308 e. The molecule has 0 radical (unpaired) electrons. The number of carbonyl (C=O) groups is 2. The van der Waals surface area contributed by atoms with Gasteiger partial charge in [-0.05, 0) is 36.8 Å². The first-order chi connectivity index (χ1) is 9.99. The number of rotatable bonds is 4. The van der Waals surface area contributed by atoms with Gasteiger partial charge in [-0.2, -0.15) is 0 Å². The highest BCUT2D eigenvalue weighted by atomic mass is 16.4. The van der Waals surface area contributed by atoms with Gasteiger partial charge in [0.05, 0.1) is 5.92 Å². The molecule has 2 aliphatic rings. The molecule has 3 rings (SSSR count). The maximum absolute atomic E-state index is 12.7. The van der Waals surface area contributed by atoms with Gasteiger partial charge in [0, 0.05) is 25.3 Å². The average Bonchev–Trinajstić information content (AvgIpc) is 3.01. The zero-order valence-corrected chi connectivity index (χ0v) is 12.5. The smallest absolute Gasteiger partial charge is 0.308 e. The Kier molecular flexibility index (Phi) is 3.51. The molecule has 1 aromatic heterocycles. The van der Waals surface area contributed by atoms with Crippen molar-refractivity contribution in [2.75, 3.05) is 13.1 Å². The molecule has 5 heteroatoms. The minimum Gasteiger partial charge on any atom is -0.481 e. The van der Waals surface area contributed by atoms with Crippen LogP contribution in [-0.4, -0.2) is 39.5 Å². The van der Waals surface area contributed by atoms with E-state index < -0.39 is 11.9 Å². The third-order valence-corrected chi connectivity index (χ3v) is 4.76. The van der Waals surface area contributed by atoms with E-state index in [1.165, 1.54) is 0 Å². The molecule has 1 aromatic rings. The van der Waals surface area contributed by atoms with Gasteiger partial charge in [-0.3, -0.25) is 9.59 Å². The SMILES string of the molecule is CC(C)[C@H]1CN(C(=O)c2cccn2C2CC2)C[C@@H]1C(=O)O. The van der Waals surface area contributed by atoms with E-state index in [-0.39, 0.29) is 17.7 Å². The highest BCUT2D eigenvalue weighted by molar-refractivity contribution is 5.93. The standard InChI is InChI=1S/C16H22N2O3/c1-10(2)12-8-17(9-13(12)16(20)21)15(19)14-4-3-7-18(14)11-5-6-11/h3-4,7,10-13H,5-6,8-9H2,1-2H3,(H,20,21)/t12-,13+/m1/s1. The van der Waals surface area contributed by atoms with Crippen molar-refractivity contribution in [1.82, 2.24) is 9.47 Å². The lowest BCUT2D eigenvalue weighted by Gasteiger charge is -2.19.